The predicted octanol–water partition coefficient (Wildman–Crippen LogP) is 3.07. The maximum Gasteiger partial charge on any atom is 0.111 e. The minimum Gasteiger partial charge on any atom is -0.322 e. The third-order valence-corrected chi connectivity index (χ3v) is 3.90. The van der Waals surface area contributed by atoms with E-state index in [2.05, 4.69) is 43.2 Å². The SMILES string of the molecule is CCn1cc(-c2csc(C(N)C(C)(C)C)n2)cn1. The molecule has 1 atom stereocenters. The van der Waals surface area contributed by atoms with E-state index in [0.29, 0.717) is 0 Å². The molecule has 0 radical (unpaired) electrons. The van der Waals surface area contributed by atoms with Gasteiger partial charge in [-0.1, -0.05) is 20.8 Å². The van der Waals surface area contributed by atoms with Crippen molar-refractivity contribution in [2.45, 2.75) is 40.3 Å². The van der Waals surface area contributed by atoms with Crippen LogP contribution in [0.25, 0.3) is 11.3 Å². The van der Waals surface area contributed by atoms with Gasteiger partial charge in [-0.3, -0.25) is 4.68 Å². The van der Waals surface area contributed by atoms with Gasteiger partial charge < -0.3 is 5.73 Å². The second-order valence-corrected chi connectivity index (χ2v) is 6.39. The molecule has 0 fully saturated rings. The monoisotopic (exact) mass is 264 g/mol. The average Bonchev–Trinajstić information content (AvgIpc) is 2.95. The second kappa shape index (κ2) is 4.82. The number of aryl methyl sites for hydroxylation is 1. The quantitative estimate of drug-likeness (QED) is 0.927. The van der Waals surface area contributed by atoms with Crippen LogP contribution in [-0.2, 0) is 6.54 Å². The highest BCUT2D eigenvalue weighted by molar-refractivity contribution is 7.10. The van der Waals surface area contributed by atoms with Crippen LogP contribution in [0.1, 0.15) is 38.7 Å². The second-order valence-electron chi connectivity index (χ2n) is 5.50. The summed E-state index contributed by atoms with van der Waals surface area (Å²) >= 11 is 1.62. The van der Waals surface area contributed by atoms with E-state index in [1.165, 1.54) is 0 Å². The van der Waals surface area contributed by atoms with Gasteiger partial charge in [0.25, 0.3) is 0 Å². The van der Waals surface area contributed by atoms with Gasteiger partial charge in [0.15, 0.2) is 0 Å². The van der Waals surface area contributed by atoms with E-state index in [0.717, 1.165) is 22.8 Å². The third kappa shape index (κ3) is 2.62. The van der Waals surface area contributed by atoms with Crippen molar-refractivity contribution < 1.29 is 0 Å². The van der Waals surface area contributed by atoms with Gasteiger partial charge in [-0.05, 0) is 12.3 Å². The Morgan fingerprint density at radius 1 is 1.44 bits per heavy atom. The maximum atomic E-state index is 6.22. The van der Waals surface area contributed by atoms with Gasteiger partial charge in [-0.25, -0.2) is 4.98 Å². The average molecular weight is 264 g/mol. The smallest absolute Gasteiger partial charge is 0.111 e. The lowest BCUT2D eigenvalue weighted by Crippen LogP contribution is -2.26. The number of rotatable bonds is 3. The molecule has 18 heavy (non-hydrogen) atoms. The molecule has 0 aliphatic heterocycles. The van der Waals surface area contributed by atoms with Crippen LogP contribution in [0.2, 0.25) is 0 Å². The Hall–Kier alpha value is -1.20. The van der Waals surface area contributed by atoms with Crippen LogP contribution in [-0.4, -0.2) is 14.8 Å². The van der Waals surface area contributed by atoms with Crippen molar-refractivity contribution in [1.82, 2.24) is 14.8 Å². The van der Waals surface area contributed by atoms with Crippen LogP contribution in [0.3, 0.4) is 0 Å². The van der Waals surface area contributed by atoms with E-state index in [1.807, 2.05) is 17.1 Å². The van der Waals surface area contributed by atoms with E-state index >= 15 is 0 Å². The summed E-state index contributed by atoms with van der Waals surface area (Å²) in [6, 6.07) is -0.0301. The number of nitrogens with two attached hydrogens (primary N) is 1. The molecule has 1 unspecified atom stereocenters. The Bertz CT molecular complexity index is 521. The molecule has 2 N–H and O–H groups in total. The lowest BCUT2D eigenvalue weighted by molar-refractivity contribution is 0.326. The summed E-state index contributed by atoms with van der Waals surface area (Å²) in [6.07, 6.45) is 3.87. The van der Waals surface area contributed by atoms with Gasteiger partial charge >= 0.3 is 0 Å². The topological polar surface area (TPSA) is 56.7 Å². The van der Waals surface area contributed by atoms with Crippen LogP contribution in [0.5, 0.6) is 0 Å². The molecular weight excluding hydrogens is 244 g/mol. The summed E-state index contributed by atoms with van der Waals surface area (Å²) in [6.45, 7) is 9.34. The number of hydrogen-bond donors (Lipinski definition) is 1. The number of nitrogens with zero attached hydrogens (tertiary/aromatic N) is 3. The zero-order chi connectivity index (χ0) is 13.3. The van der Waals surface area contributed by atoms with Crippen LogP contribution in [0.15, 0.2) is 17.8 Å². The van der Waals surface area contributed by atoms with Crippen LogP contribution >= 0.6 is 11.3 Å². The van der Waals surface area contributed by atoms with Crippen molar-refractivity contribution >= 4 is 11.3 Å². The third-order valence-electron chi connectivity index (χ3n) is 2.97. The van der Waals surface area contributed by atoms with Crippen LogP contribution in [0.4, 0.5) is 0 Å². The van der Waals surface area contributed by atoms with Gasteiger partial charge in [0.2, 0.25) is 0 Å². The van der Waals surface area contributed by atoms with Crippen molar-refractivity contribution in [2.24, 2.45) is 11.1 Å². The fourth-order valence-corrected chi connectivity index (χ4v) is 2.67. The van der Waals surface area contributed by atoms with E-state index < -0.39 is 0 Å². The molecule has 0 saturated heterocycles. The fourth-order valence-electron chi connectivity index (χ4n) is 1.60. The fraction of sp³-hybridized carbons (Fsp3) is 0.538. The van der Waals surface area contributed by atoms with Crippen molar-refractivity contribution in [3.63, 3.8) is 0 Å². The molecule has 2 heterocycles. The molecule has 2 aromatic heterocycles. The Morgan fingerprint density at radius 3 is 2.72 bits per heavy atom. The van der Waals surface area contributed by atoms with Crippen LogP contribution in [0, 0.1) is 5.41 Å². The Kier molecular flexibility index (Phi) is 3.54. The van der Waals surface area contributed by atoms with Gasteiger partial charge in [0.1, 0.15) is 5.01 Å². The predicted molar refractivity (Wildman–Crippen MR) is 75.4 cm³/mol. The van der Waals surface area contributed by atoms with Crippen molar-refractivity contribution in [2.75, 3.05) is 0 Å². The maximum absolute atomic E-state index is 6.22. The molecule has 5 heteroatoms. The highest BCUT2D eigenvalue weighted by Gasteiger charge is 2.25. The van der Waals surface area contributed by atoms with Crippen molar-refractivity contribution in [3.8, 4) is 11.3 Å². The van der Waals surface area contributed by atoms with Crippen molar-refractivity contribution in [3.05, 3.63) is 22.8 Å². The Morgan fingerprint density at radius 2 is 2.17 bits per heavy atom. The molecule has 2 rings (SSSR count). The van der Waals surface area contributed by atoms with E-state index in [4.69, 9.17) is 5.73 Å². The largest absolute Gasteiger partial charge is 0.322 e. The standard InChI is InChI=1S/C13H20N4S/c1-5-17-7-9(6-15-17)10-8-18-12(16-10)11(14)13(2,3)4/h6-8,11H,5,14H2,1-4H3. The molecule has 0 spiro atoms. The highest BCUT2D eigenvalue weighted by atomic mass is 32.1. The van der Waals surface area contributed by atoms with E-state index in [-0.39, 0.29) is 11.5 Å². The first kappa shape index (κ1) is 13.2. The van der Waals surface area contributed by atoms with E-state index in [1.54, 1.807) is 11.3 Å². The van der Waals surface area contributed by atoms with Gasteiger partial charge in [-0.2, -0.15) is 5.10 Å². The number of aromatic nitrogens is 3. The minimum atomic E-state index is -0.0301. The molecule has 0 aliphatic carbocycles. The summed E-state index contributed by atoms with van der Waals surface area (Å²) in [5, 5.41) is 7.31. The van der Waals surface area contributed by atoms with E-state index in [9.17, 15) is 0 Å². The molecular formula is C13H20N4S. The zero-order valence-electron chi connectivity index (χ0n) is 11.3. The Labute approximate surface area is 112 Å². The molecule has 0 saturated carbocycles. The lowest BCUT2D eigenvalue weighted by atomic mass is 9.88. The lowest BCUT2D eigenvalue weighted by Gasteiger charge is -2.24. The van der Waals surface area contributed by atoms with Crippen LogP contribution < -0.4 is 5.73 Å². The van der Waals surface area contributed by atoms with Gasteiger partial charge in [-0.15, -0.1) is 11.3 Å². The molecule has 0 bridgehead atoms. The zero-order valence-corrected chi connectivity index (χ0v) is 12.2. The molecule has 98 valence electrons. The highest BCUT2D eigenvalue weighted by Crippen LogP contribution is 2.33. The number of thiazole rings is 1. The summed E-state index contributed by atoms with van der Waals surface area (Å²) < 4.78 is 1.90. The Balaban J connectivity index is 2.25. The first-order valence-electron chi connectivity index (χ1n) is 6.15. The summed E-state index contributed by atoms with van der Waals surface area (Å²) in [7, 11) is 0. The first-order chi connectivity index (χ1) is 8.41. The summed E-state index contributed by atoms with van der Waals surface area (Å²) in [5.41, 5.74) is 8.28. The molecule has 4 nitrogen and oxygen atoms in total. The molecule has 2 aromatic rings. The molecule has 0 amide bonds. The summed E-state index contributed by atoms with van der Waals surface area (Å²) in [5.74, 6) is 0. The normalized spacial score (nSPS) is 13.8. The summed E-state index contributed by atoms with van der Waals surface area (Å²) in [4.78, 5) is 4.63. The van der Waals surface area contributed by atoms with Gasteiger partial charge in [0.05, 0.1) is 17.9 Å². The molecule has 0 aliphatic rings. The number of hydrogen-bond acceptors (Lipinski definition) is 4. The first-order valence-corrected chi connectivity index (χ1v) is 7.03. The molecule has 0 aromatic carbocycles. The minimum absolute atomic E-state index is 0.0301. The van der Waals surface area contributed by atoms with Gasteiger partial charge in [0, 0.05) is 23.7 Å². The van der Waals surface area contributed by atoms with Crippen molar-refractivity contribution in [1.29, 1.82) is 0 Å².